The molecule has 170 valence electrons. The number of sulfonamides is 2. The minimum atomic E-state index is -3.93. The lowest BCUT2D eigenvalue weighted by Gasteiger charge is -2.20. The second-order valence-electron chi connectivity index (χ2n) is 7.90. The summed E-state index contributed by atoms with van der Waals surface area (Å²) in [5.74, 6) is 0.219. The molecule has 0 atom stereocenters. The van der Waals surface area contributed by atoms with E-state index in [1.165, 1.54) is 22.5 Å². The lowest BCUT2D eigenvalue weighted by molar-refractivity contribution is 0.330. The van der Waals surface area contributed by atoms with Crippen LogP contribution in [0.4, 0.5) is 5.69 Å². The smallest absolute Gasteiger partial charge is 0.262 e. The molecule has 0 unspecified atom stereocenters. The Morgan fingerprint density at radius 3 is 2.06 bits per heavy atom. The molecule has 1 aliphatic heterocycles. The predicted molar refractivity (Wildman–Crippen MR) is 122 cm³/mol. The Balaban J connectivity index is 2.07. The molecule has 1 heterocycles. The van der Waals surface area contributed by atoms with Crippen LogP contribution in [0.25, 0.3) is 0 Å². The largest absolute Gasteiger partial charge is 0.492 e. The molecular weight excluding hydrogens is 436 g/mol. The minimum absolute atomic E-state index is 0.0229. The number of nitrogens with zero attached hydrogens (tertiary/aromatic N) is 1. The molecule has 1 aliphatic rings. The Morgan fingerprint density at radius 2 is 1.52 bits per heavy atom. The van der Waals surface area contributed by atoms with E-state index >= 15 is 0 Å². The van der Waals surface area contributed by atoms with E-state index in [0.29, 0.717) is 30.8 Å². The van der Waals surface area contributed by atoms with Gasteiger partial charge in [0.25, 0.3) is 10.0 Å². The highest BCUT2D eigenvalue weighted by Crippen LogP contribution is 2.33. The fraction of sp³-hybridized carbons (Fsp3) is 0.455. The molecule has 0 bridgehead atoms. The van der Waals surface area contributed by atoms with Crippen LogP contribution in [0, 0.1) is 27.7 Å². The van der Waals surface area contributed by atoms with Gasteiger partial charge in [-0.15, -0.1) is 0 Å². The molecule has 0 amide bonds. The van der Waals surface area contributed by atoms with Gasteiger partial charge in [0.15, 0.2) is 0 Å². The van der Waals surface area contributed by atoms with Crippen LogP contribution in [0.2, 0.25) is 0 Å². The number of rotatable bonds is 7. The first-order valence-electron chi connectivity index (χ1n) is 10.4. The number of anilines is 1. The van der Waals surface area contributed by atoms with Gasteiger partial charge in [0.2, 0.25) is 10.0 Å². The SMILES string of the molecule is CCOc1ccc(NS(=O)(=O)c2c(C)c(C)cc(C)c2C)cc1S(=O)(=O)N1CCCC1. The van der Waals surface area contributed by atoms with Gasteiger partial charge >= 0.3 is 0 Å². The fourth-order valence-electron chi connectivity index (χ4n) is 3.91. The topological polar surface area (TPSA) is 92.8 Å². The Morgan fingerprint density at radius 1 is 0.935 bits per heavy atom. The average Bonchev–Trinajstić information content (AvgIpc) is 3.23. The Bertz CT molecular complexity index is 1170. The van der Waals surface area contributed by atoms with Crippen LogP contribution in [0.1, 0.15) is 42.0 Å². The standard InChI is InChI=1S/C22H30N2O5S2/c1-6-29-20-10-9-19(14-21(20)31(27,28)24-11-7-8-12-24)23-30(25,26)22-17(4)15(2)13-16(3)18(22)5/h9-10,13-14,23H,6-8,11-12H2,1-5H3. The van der Waals surface area contributed by atoms with E-state index in [9.17, 15) is 16.8 Å². The summed E-state index contributed by atoms with van der Waals surface area (Å²) in [6, 6.07) is 6.34. The van der Waals surface area contributed by atoms with Crippen LogP contribution in [-0.4, -0.2) is 40.8 Å². The lowest BCUT2D eigenvalue weighted by atomic mass is 10.0. The highest BCUT2D eigenvalue weighted by Gasteiger charge is 2.31. The lowest BCUT2D eigenvalue weighted by Crippen LogP contribution is -2.28. The molecule has 1 N–H and O–H groups in total. The summed E-state index contributed by atoms with van der Waals surface area (Å²) in [7, 11) is -7.72. The predicted octanol–water partition coefficient (Wildman–Crippen LogP) is 3.90. The van der Waals surface area contributed by atoms with Gasteiger partial charge in [0, 0.05) is 13.1 Å². The van der Waals surface area contributed by atoms with Crippen molar-refractivity contribution in [3.8, 4) is 5.75 Å². The van der Waals surface area contributed by atoms with Gasteiger partial charge in [0.05, 0.1) is 17.2 Å². The summed E-state index contributed by atoms with van der Waals surface area (Å²) in [5, 5.41) is 0. The normalized spacial score (nSPS) is 15.3. The van der Waals surface area contributed by atoms with E-state index in [-0.39, 0.29) is 21.2 Å². The first-order valence-corrected chi connectivity index (χ1v) is 13.3. The van der Waals surface area contributed by atoms with E-state index in [1.54, 1.807) is 20.8 Å². The molecule has 7 nitrogen and oxygen atoms in total. The Kier molecular flexibility index (Phi) is 6.69. The van der Waals surface area contributed by atoms with Crippen LogP contribution in [0.3, 0.4) is 0 Å². The average molecular weight is 467 g/mol. The third kappa shape index (κ3) is 4.58. The van der Waals surface area contributed by atoms with Gasteiger partial charge in [-0.1, -0.05) is 6.07 Å². The van der Waals surface area contributed by atoms with Crippen LogP contribution in [0.5, 0.6) is 5.75 Å². The van der Waals surface area contributed by atoms with E-state index in [2.05, 4.69) is 4.72 Å². The second kappa shape index (κ2) is 8.80. The monoisotopic (exact) mass is 466 g/mol. The third-order valence-corrected chi connectivity index (χ3v) is 9.32. The quantitative estimate of drug-likeness (QED) is 0.668. The summed E-state index contributed by atoms with van der Waals surface area (Å²) < 4.78 is 62.4. The zero-order chi connectivity index (χ0) is 23.0. The van der Waals surface area contributed by atoms with Gasteiger partial charge in [-0.05, 0) is 87.9 Å². The molecule has 2 aromatic rings. The Hall–Kier alpha value is -2.10. The van der Waals surface area contributed by atoms with Crippen LogP contribution >= 0.6 is 0 Å². The molecule has 31 heavy (non-hydrogen) atoms. The zero-order valence-electron chi connectivity index (χ0n) is 18.6. The van der Waals surface area contributed by atoms with Gasteiger partial charge in [-0.2, -0.15) is 4.31 Å². The van der Waals surface area contributed by atoms with Crippen molar-refractivity contribution in [2.45, 2.75) is 57.3 Å². The summed E-state index contributed by atoms with van der Waals surface area (Å²) in [6.45, 7) is 10.3. The molecule has 1 fully saturated rings. The van der Waals surface area contributed by atoms with Crippen LogP contribution in [0.15, 0.2) is 34.1 Å². The molecule has 0 radical (unpaired) electrons. The summed E-state index contributed by atoms with van der Waals surface area (Å²) >= 11 is 0. The highest BCUT2D eigenvalue weighted by atomic mass is 32.2. The maximum absolute atomic E-state index is 13.3. The van der Waals surface area contributed by atoms with E-state index in [1.807, 2.05) is 19.9 Å². The zero-order valence-corrected chi connectivity index (χ0v) is 20.3. The van der Waals surface area contributed by atoms with Gasteiger partial charge < -0.3 is 4.74 Å². The summed E-state index contributed by atoms with van der Waals surface area (Å²) in [5.41, 5.74) is 3.29. The first-order chi connectivity index (χ1) is 14.5. The van der Waals surface area contributed by atoms with Crippen molar-refractivity contribution in [3.63, 3.8) is 0 Å². The van der Waals surface area contributed by atoms with E-state index in [4.69, 9.17) is 4.74 Å². The molecule has 0 saturated carbocycles. The molecule has 0 aliphatic carbocycles. The van der Waals surface area contributed by atoms with Gasteiger partial charge in [-0.3, -0.25) is 4.72 Å². The van der Waals surface area contributed by atoms with Crippen molar-refractivity contribution in [1.82, 2.24) is 4.31 Å². The molecule has 0 aromatic heterocycles. The van der Waals surface area contributed by atoms with Crippen molar-refractivity contribution in [3.05, 3.63) is 46.5 Å². The van der Waals surface area contributed by atoms with Crippen LogP contribution in [-0.2, 0) is 20.0 Å². The summed E-state index contributed by atoms with van der Waals surface area (Å²) in [4.78, 5) is 0.202. The highest BCUT2D eigenvalue weighted by molar-refractivity contribution is 7.92. The summed E-state index contributed by atoms with van der Waals surface area (Å²) in [6.07, 6.45) is 1.61. The van der Waals surface area contributed by atoms with Crippen LogP contribution < -0.4 is 9.46 Å². The second-order valence-corrected chi connectivity index (χ2v) is 11.4. The molecule has 1 saturated heterocycles. The molecule has 3 rings (SSSR count). The minimum Gasteiger partial charge on any atom is -0.492 e. The van der Waals surface area contributed by atoms with Crippen molar-refractivity contribution in [1.29, 1.82) is 0 Å². The maximum Gasteiger partial charge on any atom is 0.262 e. The van der Waals surface area contributed by atoms with Crippen molar-refractivity contribution in [2.75, 3.05) is 24.4 Å². The maximum atomic E-state index is 13.3. The molecular formula is C22H30N2O5S2. The Labute approximate surface area is 185 Å². The van der Waals surface area contributed by atoms with Crippen molar-refractivity contribution >= 4 is 25.7 Å². The number of hydrogen-bond donors (Lipinski definition) is 1. The van der Waals surface area contributed by atoms with E-state index < -0.39 is 20.0 Å². The van der Waals surface area contributed by atoms with E-state index in [0.717, 1.165) is 24.0 Å². The number of aryl methyl sites for hydroxylation is 2. The fourth-order valence-corrected chi connectivity index (χ4v) is 7.25. The molecule has 0 spiro atoms. The molecule has 2 aromatic carbocycles. The molecule has 9 heteroatoms. The number of ether oxygens (including phenoxy) is 1. The number of benzene rings is 2. The first kappa shape index (κ1) is 23.6. The number of hydrogen-bond acceptors (Lipinski definition) is 5. The van der Waals surface area contributed by atoms with Gasteiger partial charge in [0.1, 0.15) is 10.6 Å². The van der Waals surface area contributed by atoms with Crippen molar-refractivity contribution < 1.29 is 21.6 Å². The van der Waals surface area contributed by atoms with Gasteiger partial charge in [-0.25, -0.2) is 16.8 Å². The number of nitrogens with one attached hydrogen (secondary N) is 1. The third-order valence-electron chi connectivity index (χ3n) is 5.74. The van der Waals surface area contributed by atoms with Crippen molar-refractivity contribution in [2.24, 2.45) is 0 Å².